The Bertz CT molecular complexity index is 1590. The number of amides is 2. The summed E-state index contributed by atoms with van der Waals surface area (Å²) in [6.07, 6.45) is 9.14. The molecule has 4 fully saturated rings. The van der Waals surface area contributed by atoms with E-state index < -0.39 is 11.3 Å². The van der Waals surface area contributed by atoms with Crippen LogP contribution in [0.1, 0.15) is 84.7 Å². The molecule has 8 rings (SSSR count). The van der Waals surface area contributed by atoms with Crippen LogP contribution in [-0.4, -0.2) is 70.7 Å². The van der Waals surface area contributed by atoms with E-state index >= 15 is 0 Å². The van der Waals surface area contributed by atoms with Crippen LogP contribution in [0.3, 0.4) is 0 Å². The van der Waals surface area contributed by atoms with Crippen LogP contribution < -0.4 is 10.2 Å². The highest BCUT2D eigenvalue weighted by Crippen LogP contribution is 2.66. The Hall–Kier alpha value is -3.36. The third-order valence-electron chi connectivity index (χ3n) is 11.4. The first kappa shape index (κ1) is 26.3. The summed E-state index contributed by atoms with van der Waals surface area (Å²) in [7, 11) is 3.92. The summed E-state index contributed by atoms with van der Waals surface area (Å²) in [6, 6.07) is 13.1. The molecule has 4 atom stereocenters. The van der Waals surface area contributed by atoms with E-state index in [1.165, 1.54) is 41.6 Å². The van der Waals surface area contributed by atoms with Crippen LogP contribution in [0, 0.1) is 5.41 Å². The summed E-state index contributed by atoms with van der Waals surface area (Å²) in [5.41, 5.74) is 7.65. The van der Waals surface area contributed by atoms with Gasteiger partial charge in [-0.3, -0.25) is 19.7 Å². The predicted molar refractivity (Wildman–Crippen MR) is 160 cm³/mol. The topological polar surface area (TPSA) is 87.0 Å². The molecule has 5 aliphatic rings. The maximum Gasteiger partial charge on any atom is 0.274 e. The predicted octanol–water partition coefficient (Wildman–Crippen LogP) is 5.28. The first-order valence-electron chi connectivity index (χ1n) is 15.7. The fourth-order valence-corrected chi connectivity index (χ4v) is 9.08. The van der Waals surface area contributed by atoms with E-state index in [1.807, 2.05) is 23.7 Å². The molecule has 0 radical (unpaired) electrons. The number of hydroxylamine groups is 1. The van der Waals surface area contributed by atoms with E-state index in [4.69, 9.17) is 4.74 Å². The van der Waals surface area contributed by atoms with Crippen molar-refractivity contribution >= 4 is 22.7 Å². The maximum absolute atomic E-state index is 14.7. The van der Waals surface area contributed by atoms with Gasteiger partial charge in [-0.2, -0.15) is 0 Å². The number of likely N-dealkylation sites (N-methyl/N-ethyl adjacent to an activating group) is 1. The van der Waals surface area contributed by atoms with Crippen LogP contribution in [0.5, 0.6) is 5.75 Å². The van der Waals surface area contributed by atoms with E-state index in [-0.39, 0.29) is 11.8 Å². The number of fused-ring (bicyclic) bond motifs is 9. The number of hydrogen-bond acceptors (Lipinski definition) is 5. The van der Waals surface area contributed by atoms with Crippen LogP contribution in [0.25, 0.3) is 22.2 Å². The molecular formula is C34H40N4O4. The van der Waals surface area contributed by atoms with E-state index in [0.717, 1.165) is 61.8 Å². The zero-order chi connectivity index (χ0) is 28.7. The van der Waals surface area contributed by atoms with Crippen molar-refractivity contribution in [3.8, 4) is 17.0 Å². The lowest BCUT2D eigenvalue weighted by atomic mass is 9.81. The highest BCUT2D eigenvalue weighted by atomic mass is 16.5. The lowest BCUT2D eigenvalue weighted by Gasteiger charge is -2.40. The number of hydrogen-bond donors (Lipinski definition) is 2. The van der Waals surface area contributed by atoms with Gasteiger partial charge in [0, 0.05) is 59.7 Å². The van der Waals surface area contributed by atoms with Crippen LogP contribution >= 0.6 is 0 Å². The lowest BCUT2D eigenvalue weighted by Crippen LogP contribution is -2.55. The van der Waals surface area contributed by atoms with E-state index in [1.54, 1.807) is 7.11 Å². The van der Waals surface area contributed by atoms with E-state index in [2.05, 4.69) is 39.6 Å². The first-order valence-corrected chi connectivity index (χ1v) is 15.7. The third kappa shape index (κ3) is 3.73. The van der Waals surface area contributed by atoms with Crippen molar-refractivity contribution < 1.29 is 19.5 Å². The minimum atomic E-state index is -0.521. The minimum Gasteiger partial charge on any atom is -0.497 e. The number of likely N-dealkylation sites (tertiary alicyclic amines) is 1. The number of nitrogens with zero attached hydrogens (tertiary/aromatic N) is 3. The number of carbonyl (C=O) groups is 2. The van der Waals surface area contributed by atoms with Gasteiger partial charge in [0.2, 0.25) is 5.91 Å². The smallest absolute Gasteiger partial charge is 0.274 e. The molecule has 3 aliphatic heterocycles. The number of benzene rings is 2. The second-order valence-electron chi connectivity index (χ2n) is 13.5. The SMILES string of the molecule is COc1ccc2c(c1)C1CC1(C(=O)N1CC3CCC(C1)N3C)Cn1c-2c(C2CCCCC2)c2ccc(C(=O)NO)cc21. The molecule has 8 heteroatoms. The van der Waals surface area contributed by atoms with Crippen molar-refractivity contribution in [1.82, 2.24) is 19.8 Å². The van der Waals surface area contributed by atoms with Crippen molar-refractivity contribution in [2.45, 2.75) is 81.8 Å². The van der Waals surface area contributed by atoms with E-state index in [9.17, 15) is 14.8 Å². The molecule has 2 saturated heterocycles. The largest absolute Gasteiger partial charge is 0.497 e. The summed E-state index contributed by atoms with van der Waals surface area (Å²) in [4.78, 5) is 31.9. The molecule has 2 aliphatic carbocycles. The Morgan fingerprint density at radius 1 is 1.00 bits per heavy atom. The zero-order valence-electron chi connectivity index (χ0n) is 24.6. The Morgan fingerprint density at radius 3 is 2.48 bits per heavy atom. The molecule has 3 aromatic rings. The van der Waals surface area contributed by atoms with Crippen molar-refractivity contribution in [2.75, 3.05) is 27.2 Å². The van der Waals surface area contributed by atoms with E-state index in [0.29, 0.717) is 30.1 Å². The van der Waals surface area contributed by atoms with Crippen LogP contribution in [-0.2, 0) is 11.3 Å². The molecule has 2 aromatic carbocycles. The van der Waals surface area contributed by atoms with Crippen molar-refractivity contribution in [2.24, 2.45) is 5.41 Å². The molecule has 2 saturated carbocycles. The number of piperazine rings is 1. The Balaban J connectivity index is 1.33. The highest BCUT2D eigenvalue weighted by molar-refractivity contribution is 6.01. The average molecular weight is 569 g/mol. The fraction of sp³-hybridized carbons (Fsp3) is 0.529. The van der Waals surface area contributed by atoms with Crippen molar-refractivity contribution in [1.29, 1.82) is 0 Å². The summed E-state index contributed by atoms with van der Waals surface area (Å²) < 4.78 is 8.09. The van der Waals surface area contributed by atoms with Crippen LogP contribution in [0.15, 0.2) is 36.4 Å². The van der Waals surface area contributed by atoms with Gasteiger partial charge in [-0.15, -0.1) is 0 Å². The molecule has 4 heterocycles. The molecular weight excluding hydrogens is 528 g/mol. The molecule has 2 N–H and O–H groups in total. The third-order valence-corrected chi connectivity index (χ3v) is 11.4. The summed E-state index contributed by atoms with van der Waals surface area (Å²) in [5, 5.41) is 10.6. The minimum absolute atomic E-state index is 0.130. The van der Waals surface area contributed by atoms with Gasteiger partial charge >= 0.3 is 0 Å². The number of carbonyl (C=O) groups excluding carboxylic acids is 2. The number of ether oxygens (including phenoxy) is 1. The summed E-state index contributed by atoms with van der Waals surface area (Å²) in [6.45, 7) is 2.20. The second-order valence-corrected chi connectivity index (χ2v) is 13.5. The van der Waals surface area contributed by atoms with Gasteiger partial charge in [0.05, 0.1) is 18.2 Å². The molecule has 42 heavy (non-hydrogen) atoms. The molecule has 4 unspecified atom stereocenters. The maximum atomic E-state index is 14.7. The van der Waals surface area contributed by atoms with Crippen molar-refractivity contribution in [3.05, 3.63) is 53.1 Å². The summed E-state index contributed by atoms with van der Waals surface area (Å²) in [5.74, 6) is 1.15. The van der Waals surface area contributed by atoms with Gasteiger partial charge in [0.1, 0.15) is 5.75 Å². The van der Waals surface area contributed by atoms with Crippen molar-refractivity contribution in [3.63, 3.8) is 0 Å². The number of rotatable bonds is 4. The Morgan fingerprint density at radius 2 is 1.76 bits per heavy atom. The fourth-order valence-electron chi connectivity index (χ4n) is 9.08. The molecule has 220 valence electrons. The van der Waals surface area contributed by atoms with Gasteiger partial charge in [0.15, 0.2) is 0 Å². The highest BCUT2D eigenvalue weighted by Gasteiger charge is 2.64. The molecule has 2 bridgehead atoms. The lowest BCUT2D eigenvalue weighted by molar-refractivity contribution is -0.141. The normalized spacial score (nSPS) is 28.5. The van der Waals surface area contributed by atoms with Gasteiger partial charge < -0.3 is 14.2 Å². The number of methoxy groups -OCH3 is 1. The Labute approximate surface area is 246 Å². The van der Waals surface area contributed by atoms with Gasteiger partial charge in [-0.25, -0.2) is 5.48 Å². The molecule has 1 aromatic heterocycles. The standard InChI is InChI=1S/C34H40N4O4/c1-36-22-9-10-23(36)18-37(17-22)33(40)34-16-28(34)27-15-24(42-2)11-13-25(27)31-30(20-6-4-3-5-7-20)26-12-8-21(32(39)35-41)14-29(26)38(31)19-34/h8,11-15,20,22-23,28,41H,3-7,9-10,16-19H2,1-2H3,(H,35,39). The van der Waals surface area contributed by atoms with Crippen LogP contribution in [0.4, 0.5) is 0 Å². The second kappa shape index (κ2) is 9.58. The monoisotopic (exact) mass is 568 g/mol. The summed E-state index contributed by atoms with van der Waals surface area (Å²) >= 11 is 0. The van der Waals surface area contributed by atoms with Gasteiger partial charge in [-0.05, 0) is 86.5 Å². The molecule has 0 spiro atoms. The molecule has 2 amide bonds. The van der Waals surface area contributed by atoms with Crippen LogP contribution in [0.2, 0.25) is 0 Å². The number of aromatic nitrogens is 1. The van der Waals surface area contributed by atoms with Gasteiger partial charge in [-0.1, -0.05) is 25.3 Å². The first-order chi connectivity index (χ1) is 20.4. The average Bonchev–Trinajstić information content (AvgIpc) is 3.65. The molecule has 8 nitrogen and oxygen atoms in total. The van der Waals surface area contributed by atoms with Gasteiger partial charge in [0.25, 0.3) is 5.91 Å². The zero-order valence-corrected chi connectivity index (χ0v) is 24.6. The quantitative estimate of drug-likeness (QED) is 0.331. The number of nitrogens with one attached hydrogen (secondary N) is 1. The Kier molecular flexibility index (Phi) is 5.99.